The van der Waals surface area contributed by atoms with Crippen molar-refractivity contribution in [2.24, 2.45) is 0 Å². The van der Waals surface area contributed by atoms with Crippen LogP contribution in [0.5, 0.6) is 0 Å². The van der Waals surface area contributed by atoms with Gasteiger partial charge in [0.15, 0.2) is 0 Å². The topological polar surface area (TPSA) is 69.9 Å². The summed E-state index contributed by atoms with van der Waals surface area (Å²) in [7, 11) is 0. The van der Waals surface area contributed by atoms with Crippen LogP contribution in [0.4, 0.5) is 0 Å². The van der Waals surface area contributed by atoms with Crippen LogP contribution in [0.25, 0.3) is 0 Å². The molecule has 0 saturated heterocycles. The molecule has 0 aromatic heterocycles. The minimum Gasteiger partial charge on any atom is -0.490 e. The van der Waals surface area contributed by atoms with Gasteiger partial charge >= 0.3 is 0 Å². The Bertz CT molecular complexity index is 190. The second-order valence-corrected chi connectivity index (χ2v) is 3.20. The smallest absolute Gasteiger partial charge is 0.150 e. The van der Waals surface area contributed by atoms with Gasteiger partial charge in [0.05, 0.1) is 12.4 Å². The van der Waals surface area contributed by atoms with E-state index in [1.807, 2.05) is 6.92 Å². The van der Waals surface area contributed by atoms with Crippen molar-refractivity contribution in [3.8, 4) is 0 Å². The van der Waals surface area contributed by atoms with Gasteiger partial charge in [0.1, 0.15) is 18.3 Å². The molecule has 3 N–H and O–H groups in total. The monoisotopic (exact) mass is 188 g/mol. The first-order valence-corrected chi connectivity index (χ1v) is 4.53. The standard InChI is InChI=1S/C9H16O4/c1-2-3-6-4-7(11)9(12)8(5-10)13-6/h4,7-12H,2-3,5H2,1H3/t7-,8-,9-/m1/s1. The quantitative estimate of drug-likeness (QED) is 0.573. The van der Waals surface area contributed by atoms with Crippen molar-refractivity contribution < 1.29 is 20.1 Å². The molecule has 4 nitrogen and oxygen atoms in total. The fourth-order valence-corrected chi connectivity index (χ4v) is 1.35. The van der Waals surface area contributed by atoms with Gasteiger partial charge in [0, 0.05) is 6.42 Å². The molecule has 0 fully saturated rings. The molecule has 76 valence electrons. The second-order valence-electron chi connectivity index (χ2n) is 3.20. The van der Waals surface area contributed by atoms with Crippen molar-refractivity contribution in [1.29, 1.82) is 0 Å². The van der Waals surface area contributed by atoms with Crippen LogP contribution in [0, 0.1) is 0 Å². The van der Waals surface area contributed by atoms with Gasteiger partial charge in [-0.15, -0.1) is 0 Å². The number of hydrogen-bond donors (Lipinski definition) is 3. The highest BCUT2D eigenvalue weighted by atomic mass is 16.5. The highest BCUT2D eigenvalue weighted by Gasteiger charge is 2.31. The van der Waals surface area contributed by atoms with E-state index in [2.05, 4.69) is 0 Å². The number of rotatable bonds is 3. The molecule has 3 atom stereocenters. The lowest BCUT2D eigenvalue weighted by Gasteiger charge is -2.30. The summed E-state index contributed by atoms with van der Waals surface area (Å²) in [5.74, 6) is 0.652. The van der Waals surface area contributed by atoms with Gasteiger partial charge in [0.25, 0.3) is 0 Å². The molecule has 0 aromatic carbocycles. The highest BCUT2D eigenvalue weighted by molar-refractivity contribution is 5.06. The van der Waals surface area contributed by atoms with Crippen molar-refractivity contribution in [3.63, 3.8) is 0 Å². The fraction of sp³-hybridized carbons (Fsp3) is 0.778. The lowest BCUT2D eigenvalue weighted by Crippen LogP contribution is -2.43. The van der Waals surface area contributed by atoms with E-state index in [0.29, 0.717) is 5.76 Å². The summed E-state index contributed by atoms with van der Waals surface area (Å²) in [5.41, 5.74) is 0. The van der Waals surface area contributed by atoms with E-state index >= 15 is 0 Å². The Balaban J connectivity index is 2.63. The predicted octanol–water partition coefficient (Wildman–Crippen LogP) is -0.217. The van der Waals surface area contributed by atoms with Crippen LogP contribution in [-0.2, 0) is 4.74 Å². The van der Waals surface area contributed by atoms with Crippen LogP contribution in [0.15, 0.2) is 11.8 Å². The van der Waals surface area contributed by atoms with Gasteiger partial charge in [-0.25, -0.2) is 0 Å². The van der Waals surface area contributed by atoms with Crippen molar-refractivity contribution in [3.05, 3.63) is 11.8 Å². The van der Waals surface area contributed by atoms with Crippen LogP contribution in [0.3, 0.4) is 0 Å². The van der Waals surface area contributed by atoms with E-state index in [1.165, 1.54) is 6.08 Å². The fourth-order valence-electron chi connectivity index (χ4n) is 1.35. The molecule has 13 heavy (non-hydrogen) atoms. The van der Waals surface area contributed by atoms with Crippen LogP contribution >= 0.6 is 0 Å². The van der Waals surface area contributed by atoms with Crippen LogP contribution in [-0.4, -0.2) is 40.2 Å². The Morgan fingerprint density at radius 1 is 1.46 bits per heavy atom. The van der Waals surface area contributed by atoms with Crippen LogP contribution in [0.1, 0.15) is 19.8 Å². The molecule has 0 aliphatic carbocycles. The van der Waals surface area contributed by atoms with E-state index in [1.54, 1.807) is 0 Å². The third-order valence-corrected chi connectivity index (χ3v) is 2.07. The average molecular weight is 188 g/mol. The summed E-state index contributed by atoms with van der Waals surface area (Å²) in [4.78, 5) is 0. The van der Waals surface area contributed by atoms with Crippen molar-refractivity contribution in [2.45, 2.75) is 38.1 Å². The second kappa shape index (κ2) is 4.60. The molecule has 0 bridgehead atoms. The average Bonchev–Trinajstić information content (AvgIpc) is 2.11. The lowest BCUT2D eigenvalue weighted by molar-refractivity contribution is -0.0926. The van der Waals surface area contributed by atoms with Crippen LogP contribution < -0.4 is 0 Å². The molecular formula is C9H16O4. The maximum absolute atomic E-state index is 9.36. The third-order valence-electron chi connectivity index (χ3n) is 2.07. The molecule has 1 heterocycles. The maximum Gasteiger partial charge on any atom is 0.150 e. The van der Waals surface area contributed by atoms with Gasteiger partial charge < -0.3 is 20.1 Å². The van der Waals surface area contributed by atoms with E-state index in [-0.39, 0.29) is 6.61 Å². The Morgan fingerprint density at radius 3 is 2.69 bits per heavy atom. The SMILES string of the molecule is CCCC1=C[C@@H](O)[C@@H](O)[C@@H](CO)O1. The zero-order valence-electron chi connectivity index (χ0n) is 7.68. The summed E-state index contributed by atoms with van der Waals surface area (Å²) in [5, 5.41) is 27.5. The van der Waals surface area contributed by atoms with E-state index in [4.69, 9.17) is 9.84 Å². The summed E-state index contributed by atoms with van der Waals surface area (Å²) < 4.78 is 5.26. The van der Waals surface area contributed by atoms with Gasteiger partial charge in [-0.2, -0.15) is 0 Å². The van der Waals surface area contributed by atoms with Crippen LogP contribution in [0.2, 0.25) is 0 Å². The first kappa shape index (κ1) is 10.5. The molecule has 1 rings (SSSR count). The number of aliphatic hydroxyl groups is 3. The number of allylic oxidation sites excluding steroid dienone is 1. The van der Waals surface area contributed by atoms with E-state index < -0.39 is 18.3 Å². The summed E-state index contributed by atoms with van der Waals surface area (Å²) in [6, 6.07) is 0. The minimum absolute atomic E-state index is 0.278. The van der Waals surface area contributed by atoms with E-state index in [9.17, 15) is 10.2 Å². The Morgan fingerprint density at radius 2 is 2.15 bits per heavy atom. The zero-order valence-corrected chi connectivity index (χ0v) is 7.68. The Labute approximate surface area is 77.5 Å². The van der Waals surface area contributed by atoms with Gasteiger partial charge in [0.2, 0.25) is 0 Å². The molecule has 0 saturated carbocycles. The Hall–Kier alpha value is -0.580. The number of aliphatic hydroxyl groups excluding tert-OH is 3. The molecule has 0 spiro atoms. The largest absolute Gasteiger partial charge is 0.490 e. The molecule has 4 heteroatoms. The number of hydrogen-bond acceptors (Lipinski definition) is 4. The first-order chi connectivity index (χ1) is 6.19. The maximum atomic E-state index is 9.36. The normalized spacial score (nSPS) is 33.8. The predicted molar refractivity (Wildman–Crippen MR) is 47.0 cm³/mol. The molecule has 0 radical (unpaired) electrons. The van der Waals surface area contributed by atoms with Gasteiger partial charge in [-0.05, 0) is 12.5 Å². The minimum atomic E-state index is -1.02. The number of ether oxygens (including phenoxy) is 1. The first-order valence-electron chi connectivity index (χ1n) is 4.53. The summed E-state index contributed by atoms with van der Waals surface area (Å²) in [6.45, 7) is 1.72. The highest BCUT2D eigenvalue weighted by Crippen LogP contribution is 2.20. The van der Waals surface area contributed by atoms with Crippen molar-refractivity contribution in [2.75, 3.05) is 6.61 Å². The van der Waals surface area contributed by atoms with Gasteiger partial charge in [-0.3, -0.25) is 0 Å². The van der Waals surface area contributed by atoms with Gasteiger partial charge in [-0.1, -0.05) is 6.92 Å². The zero-order chi connectivity index (χ0) is 9.84. The molecular weight excluding hydrogens is 172 g/mol. The van der Waals surface area contributed by atoms with Crippen molar-refractivity contribution in [1.82, 2.24) is 0 Å². The van der Waals surface area contributed by atoms with Crippen molar-refractivity contribution >= 4 is 0 Å². The lowest BCUT2D eigenvalue weighted by atomic mass is 10.0. The summed E-state index contributed by atoms with van der Waals surface area (Å²) >= 11 is 0. The molecule has 1 aliphatic heterocycles. The molecule has 1 aliphatic rings. The van der Waals surface area contributed by atoms with E-state index in [0.717, 1.165) is 12.8 Å². The summed E-state index contributed by atoms with van der Waals surface area (Å²) in [6.07, 6.45) is 0.493. The molecule has 0 unspecified atom stereocenters. The molecule has 0 amide bonds. The molecule has 0 aromatic rings. The Kier molecular flexibility index (Phi) is 3.71. The third kappa shape index (κ3) is 2.43.